The molecule has 0 bridgehead atoms. The van der Waals surface area contributed by atoms with E-state index in [2.05, 4.69) is 40.4 Å². The number of nitrogens with one attached hydrogen (secondary N) is 2. The molecule has 0 radical (unpaired) electrons. The summed E-state index contributed by atoms with van der Waals surface area (Å²) >= 11 is 3.38. The summed E-state index contributed by atoms with van der Waals surface area (Å²) in [7, 11) is 0. The minimum atomic E-state index is -0.511. The van der Waals surface area contributed by atoms with Gasteiger partial charge in [0, 0.05) is 10.2 Å². The summed E-state index contributed by atoms with van der Waals surface area (Å²) in [6.45, 7) is 6.23. The highest BCUT2D eigenvalue weighted by atomic mass is 79.9. The Labute approximate surface area is 144 Å². The number of esters is 1. The first-order valence-electron chi connectivity index (χ1n) is 7.59. The van der Waals surface area contributed by atoms with Crippen LogP contribution in [0.4, 0.5) is 4.79 Å². The molecule has 0 fully saturated rings. The topological polar surface area (TPSA) is 67.4 Å². The van der Waals surface area contributed by atoms with E-state index in [9.17, 15) is 9.59 Å². The zero-order chi connectivity index (χ0) is 17.0. The van der Waals surface area contributed by atoms with Gasteiger partial charge >= 0.3 is 12.0 Å². The van der Waals surface area contributed by atoms with Gasteiger partial charge in [-0.3, -0.25) is 0 Å². The monoisotopic (exact) mass is 380 g/mol. The van der Waals surface area contributed by atoms with E-state index in [1.807, 2.05) is 24.3 Å². The molecule has 1 heterocycles. The molecule has 1 atom stereocenters. The van der Waals surface area contributed by atoms with Gasteiger partial charge in [0.15, 0.2) is 0 Å². The van der Waals surface area contributed by atoms with Gasteiger partial charge in [-0.2, -0.15) is 0 Å². The standard InChI is InChI=1S/C17H21BrN2O3/c1-10(2)8-9-23-16(21)14-11(3)19-17(22)20-15(14)12-4-6-13(18)7-5-12/h4-7,10,15H,8-9H2,1-3H3,(H2,19,20,22)/t15-/m0/s1. The smallest absolute Gasteiger partial charge is 0.338 e. The van der Waals surface area contributed by atoms with Gasteiger partial charge in [0.2, 0.25) is 0 Å². The number of rotatable bonds is 5. The molecule has 0 spiro atoms. The van der Waals surface area contributed by atoms with Crippen LogP contribution in [0.2, 0.25) is 0 Å². The van der Waals surface area contributed by atoms with Crippen molar-refractivity contribution >= 4 is 27.9 Å². The van der Waals surface area contributed by atoms with Crippen LogP contribution in [0.25, 0.3) is 0 Å². The third-order valence-corrected chi connectivity index (χ3v) is 4.15. The molecule has 0 aromatic heterocycles. The Morgan fingerprint density at radius 2 is 1.96 bits per heavy atom. The van der Waals surface area contributed by atoms with E-state index in [1.165, 1.54) is 0 Å². The molecule has 124 valence electrons. The highest BCUT2D eigenvalue weighted by Crippen LogP contribution is 2.28. The first kappa shape index (κ1) is 17.5. The normalized spacial score (nSPS) is 17.8. The number of halogens is 1. The predicted molar refractivity (Wildman–Crippen MR) is 91.7 cm³/mol. The van der Waals surface area contributed by atoms with Crippen molar-refractivity contribution in [2.45, 2.75) is 33.2 Å². The van der Waals surface area contributed by atoms with Crippen molar-refractivity contribution in [1.82, 2.24) is 10.6 Å². The second kappa shape index (κ2) is 7.64. The van der Waals surface area contributed by atoms with E-state index in [-0.39, 0.29) is 6.03 Å². The SMILES string of the molecule is CC1=C(C(=O)OCCC(C)C)[C@H](c2ccc(Br)cc2)NC(=O)N1. The van der Waals surface area contributed by atoms with Gasteiger partial charge in [0.25, 0.3) is 0 Å². The highest BCUT2D eigenvalue weighted by molar-refractivity contribution is 9.10. The summed E-state index contributed by atoms with van der Waals surface area (Å²) in [4.78, 5) is 24.2. The van der Waals surface area contributed by atoms with Gasteiger partial charge < -0.3 is 15.4 Å². The number of urea groups is 1. The largest absolute Gasteiger partial charge is 0.462 e. The number of carbonyl (C=O) groups is 2. The van der Waals surface area contributed by atoms with Crippen molar-refractivity contribution in [3.05, 3.63) is 45.6 Å². The number of amides is 2. The molecule has 1 aliphatic rings. The lowest BCUT2D eigenvalue weighted by Crippen LogP contribution is -2.45. The summed E-state index contributed by atoms with van der Waals surface area (Å²) < 4.78 is 6.31. The number of hydrogen-bond donors (Lipinski definition) is 2. The number of ether oxygens (including phenoxy) is 1. The highest BCUT2D eigenvalue weighted by Gasteiger charge is 2.32. The van der Waals surface area contributed by atoms with Crippen LogP contribution in [-0.2, 0) is 9.53 Å². The number of benzene rings is 1. The van der Waals surface area contributed by atoms with E-state index < -0.39 is 12.0 Å². The Bertz CT molecular complexity index is 623. The number of carbonyl (C=O) groups excluding carboxylic acids is 2. The van der Waals surface area contributed by atoms with Crippen LogP contribution in [-0.4, -0.2) is 18.6 Å². The van der Waals surface area contributed by atoms with Crippen LogP contribution in [0.15, 0.2) is 40.0 Å². The summed E-state index contributed by atoms with van der Waals surface area (Å²) in [6.07, 6.45) is 0.806. The molecule has 2 amide bonds. The third kappa shape index (κ3) is 4.58. The molecule has 0 aliphatic carbocycles. The number of allylic oxidation sites excluding steroid dienone is 1. The average Bonchev–Trinajstić information content (AvgIpc) is 2.46. The quantitative estimate of drug-likeness (QED) is 0.765. The van der Waals surface area contributed by atoms with Crippen molar-refractivity contribution in [2.75, 3.05) is 6.61 Å². The second-order valence-corrected chi connectivity index (χ2v) is 6.86. The minimum Gasteiger partial charge on any atom is -0.462 e. The van der Waals surface area contributed by atoms with Crippen molar-refractivity contribution in [3.63, 3.8) is 0 Å². The van der Waals surface area contributed by atoms with Gasteiger partial charge in [-0.15, -0.1) is 0 Å². The first-order chi connectivity index (χ1) is 10.9. The molecule has 2 rings (SSSR count). The van der Waals surface area contributed by atoms with Crippen molar-refractivity contribution in [2.24, 2.45) is 5.92 Å². The van der Waals surface area contributed by atoms with Gasteiger partial charge in [-0.25, -0.2) is 9.59 Å². The van der Waals surface area contributed by atoms with Gasteiger partial charge in [0.05, 0.1) is 18.2 Å². The molecule has 0 saturated carbocycles. The molecule has 0 saturated heterocycles. The summed E-state index contributed by atoms with van der Waals surface area (Å²) in [5, 5.41) is 5.43. The maximum atomic E-state index is 12.5. The molecule has 23 heavy (non-hydrogen) atoms. The molecule has 1 aromatic carbocycles. The van der Waals surface area contributed by atoms with Crippen LogP contribution in [0.1, 0.15) is 38.8 Å². The van der Waals surface area contributed by atoms with Crippen molar-refractivity contribution < 1.29 is 14.3 Å². The van der Waals surface area contributed by atoms with Gasteiger partial charge in [0.1, 0.15) is 0 Å². The minimum absolute atomic E-state index is 0.325. The van der Waals surface area contributed by atoms with Crippen molar-refractivity contribution in [1.29, 1.82) is 0 Å². The maximum absolute atomic E-state index is 12.5. The lowest BCUT2D eigenvalue weighted by atomic mass is 9.96. The molecule has 1 aromatic rings. The third-order valence-electron chi connectivity index (χ3n) is 3.62. The Kier molecular flexibility index (Phi) is 5.82. The van der Waals surface area contributed by atoms with Crippen LogP contribution >= 0.6 is 15.9 Å². The molecular weight excluding hydrogens is 360 g/mol. The Balaban J connectivity index is 2.24. The van der Waals surface area contributed by atoms with Crippen molar-refractivity contribution in [3.8, 4) is 0 Å². The fourth-order valence-corrected chi connectivity index (χ4v) is 2.60. The molecule has 5 nitrogen and oxygen atoms in total. The molecule has 2 N–H and O–H groups in total. The first-order valence-corrected chi connectivity index (χ1v) is 8.38. The summed E-state index contributed by atoms with van der Waals surface area (Å²) in [5.41, 5.74) is 1.80. The lowest BCUT2D eigenvalue weighted by molar-refractivity contribution is -0.139. The van der Waals surface area contributed by atoms with Crippen LogP contribution in [0.3, 0.4) is 0 Å². The molecular formula is C17H21BrN2O3. The lowest BCUT2D eigenvalue weighted by Gasteiger charge is -2.28. The van der Waals surface area contributed by atoms with E-state index in [4.69, 9.17) is 4.74 Å². The molecule has 1 aliphatic heterocycles. The zero-order valence-electron chi connectivity index (χ0n) is 13.5. The molecule has 0 unspecified atom stereocenters. The van der Waals surface area contributed by atoms with Gasteiger partial charge in [-0.05, 0) is 37.0 Å². The number of hydrogen-bond acceptors (Lipinski definition) is 3. The summed E-state index contributed by atoms with van der Waals surface area (Å²) in [5.74, 6) is 0.0629. The fraction of sp³-hybridized carbons (Fsp3) is 0.412. The van der Waals surface area contributed by atoms with E-state index in [0.717, 1.165) is 16.5 Å². The van der Waals surface area contributed by atoms with E-state index in [1.54, 1.807) is 6.92 Å². The van der Waals surface area contributed by atoms with Crippen LogP contribution < -0.4 is 10.6 Å². The van der Waals surface area contributed by atoms with Gasteiger partial charge in [-0.1, -0.05) is 41.9 Å². The molecule has 6 heteroatoms. The summed E-state index contributed by atoms with van der Waals surface area (Å²) in [6, 6.07) is 6.66. The second-order valence-electron chi connectivity index (χ2n) is 5.94. The van der Waals surface area contributed by atoms with Crippen LogP contribution in [0, 0.1) is 5.92 Å². The Morgan fingerprint density at radius 3 is 2.57 bits per heavy atom. The predicted octanol–water partition coefficient (Wildman–Crippen LogP) is 3.67. The van der Waals surface area contributed by atoms with Crippen LogP contribution in [0.5, 0.6) is 0 Å². The Morgan fingerprint density at radius 1 is 1.30 bits per heavy atom. The average molecular weight is 381 g/mol. The Hall–Kier alpha value is -1.82. The fourth-order valence-electron chi connectivity index (χ4n) is 2.33. The van der Waals surface area contributed by atoms with E-state index >= 15 is 0 Å². The van der Waals surface area contributed by atoms with E-state index in [0.29, 0.717) is 23.8 Å². The zero-order valence-corrected chi connectivity index (χ0v) is 15.1. The maximum Gasteiger partial charge on any atom is 0.338 e.